The summed E-state index contributed by atoms with van der Waals surface area (Å²) in [5.41, 5.74) is 4.51. The summed E-state index contributed by atoms with van der Waals surface area (Å²) in [6, 6.07) is 11.8. The number of rotatable bonds is 9. The molecule has 7 nitrogen and oxygen atoms in total. The first-order valence-electron chi connectivity index (χ1n) is 11.9. The van der Waals surface area contributed by atoms with Gasteiger partial charge in [-0.1, -0.05) is 12.1 Å². The highest BCUT2D eigenvalue weighted by Gasteiger charge is 2.14. The van der Waals surface area contributed by atoms with Crippen LogP contribution in [0.5, 0.6) is 0 Å². The number of benzene rings is 1. The molecule has 0 saturated carbocycles. The van der Waals surface area contributed by atoms with Crippen LogP contribution >= 0.6 is 0 Å². The van der Waals surface area contributed by atoms with Gasteiger partial charge in [-0.3, -0.25) is 14.7 Å². The van der Waals surface area contributed by atoms with Crippen LogP contribution in [0.15, 0.2) is 48.8 Å². The monoisotopic (exact) mass is 447 g/mol. The molecule has 33 heavy (non-hydrogen) atoms. The maximum atomic E-state index is 12.6. The number of morpholine rings is 1. The molecule has 174 valence electrons. The standard InChI is InChI=1S/C26H33N5O2/c1-3-31(4-2)26(32)21-8-6-20(7-9-21)24-18-25(22-19-27-12-10-23(22)29-24)28-11-5-13-30-14-16-33-17-15-30/h6-10,12,18-19H,3-5,11,13-17H2,1-2H3,(H,28,29). The van der Waals surface area contributed by atoms with Crippen molar-refractivity contribution in [2.45, 2.75) is 20.3 Å². The van der Waals surface area contributed by atoms with Gasteiger partial charge in [0.05, 0.1) is 24.4 Å². The lowest BCUT2D eigenvalue weighted by Crippen LogP contribution is -2.37. The van der Waals surface area contributed by atoms with Crippen molar-refractivity contribution >= 4 is 22.5 Å². The quantitative estimate of drug-likeness (QED) is 0.502. The molecule has 0 atom stereocenters. The first kappa shape index (κ1) is 23.1. The van der Waals surface area contributed by atoms with E-state index in [4.69, 9.17) is 9.72 Å². The van der Waals surface area contributed by atoms with Gasteiger partial charge in [-0.2, -0.15) is 0 Å². The summed E-state index contributed by atoms with van der Waals surface area (Å²) < 4.78 is 5.43. The molecule has 3 aromatic rings. The summed E-state index contributed by atoms with van der Waals surface area (Å²) in [7, 11) is 0. The zero-order chi connectivity index (χ0) is 23.0. The van der Waals surface area contributed by atoms with E-state index in [-0.39, 0.29) is 5.91 Å². The van der Waals surface area contributed by atoms with Crippen molar-refractivity contribution in [1.29, 1.82) is 0 Å². The number of aromatic nitrogens is 2. The summed E-state index contributed by atoms with van der Waals surface area (Å²) in [6.45, 7) is 11.0. The van der Waals surface area contributed by atoms with Crippen LogP contribution in [-0.4, -0.2) is 78.2 Å². The van der Waals surface area contributed by atoms with Gasteiger partial charge in [0.15, 0.2) is 0 Å². The lowest BCUT2D eigenvalue weighted by Gasteiger charge is -2.26. The molecule has 1 N–H and O–H groups in total. The van der Waals surface area contributed by atoms with E-state index in [0.29, 0.717) is 18.7 Å². The van der Waals surface area contributed by atoms with Crippen LogP contribution in [0, 0.1) is 0 Å². The molecule has 1 aliphatic heterocycles. The fourth-order valence-corrected chi connectivity index (χ4v) is 4.19. The number of carbonyl (C=O) groups is 1. The number of pyridine rings is 2. The Morgan fingerprint density at radius 3 is 2.61 bits per heavy atom. The molecule has 4 rings (SSSR count). The average molecular weight is 448 g/mol. The van der Waals surface area contributed by atoms with E-state index in [0.717, 1.165) is 73.7 Å². The lowest BCUT2D eigenvalue weighted by atomic mass is 10.1. The van der Waals surface area contributed by atoms with E-state index in [1.165, 1.54) is 0 Å². The summed E-state index contributed by atoms with van der Waals surface area (Å²) in [5.74, 6) is 0.0618. The van der Waals surface area contributed by atoms with Crippen LogP contribution in [0.3, 0.4) is 0 Å². The van der Waals surface area contributed by atoms with Crippen molar-refractivity contribution in [3.05, 3.63) is 54.4 Å². The molecule has 1 aliphatic rings. The largest absolute Gasteiger partial charge is 0.384 e. The lowest BCUT2D eigenvalue weighted by molar-refractivity contribution is 0.0378. The maximum absolute atomic E-state index is 12.6. The molecule has 1 fully saturated rings. The number of nitrogens with one attached hydrogen (secondary N) is 1. The van der Waals surface area contributed by atoms with Gasteiger partial charge in [-0.25, -0.2) is 4.98 Å². The molecular formula is C26H33N5O2. The molecule has 1 amide bonds. The summed E-state index contributed by atoms with van der Waals surface area (Å²) >= 11 is 0. The minimum Gasteiger partial charge on any atom is -0.384 e. The highest BCUT2D eigenvalue weighted by atomic mass is 16.5. The Balaban J connectivity index is 1.50. The average Bonchev–Trinajstić information content (AvgIpc) is 2.87. The number of carbonyl (C=O) groups excluding carboxylic acids is 1. The van der Waals surface area contributed by atoms with Gasteiger partial charge in [0.1, 0.15) is 0 Å². The van der Waals surface area contributed by atoms with Crippen LogP contribution in [-0.2, 0) is 4.74 Å². The second-order valence-electron chi connectivity index (χ2n) is 8.24. The molecule has 3 heterocycles. The van der Waals surface area contributed by atoms with Crippen LogP contribution in [0.4, 0.5) is 5.69 Å². The van der Waals surface area contributed by atoms with Gasteiger partial charge in [0.25, 0.3) is 5.91 Å². The van der Waals surface area contributed by atoms with Gasteiger partial charge in [-0.05, 0) is 51.1 Å². The zero-order valence-corrected chi connectivity index (χ0v) is 19.6. The fourth-order valence-electron chi connectivity index (χ4n) is 4.19. The third kappa shape index (κ3) is 5.67. The van der Waals surface area contributed by atoms with Crippen molar-refractivity contribution in [3.8, 4) is 11.3 Å². The normalized spacial score (nSPS) is 14.4. The number of ether oxygens (including phenoxy) is 1. The Bertz CT molecular complexity index is 1060. The molecule has 0 spiro atoms. The number of hydrogen-bond acceptors (Lipinski definition) is 6. The number of amides is 1. The number of hydrogen-bond donors (Lipinski definition) is 1. The Kier molecular flexibility index (Phi) is 7.86. The van der Waals surface area contributed by atoms with Gasteiger partial charge >= 0.3 is 0 Å². The molecule has 0 radical (unpaired) electrons. The van der Waals surface area contributed by atoms with Crippen LogP contribution in [0.1, 0.15) is 30.6 Å². The SMILES string of the molecule is CCN(CC)C(=O)c1ccc(-c2cc(NCCCN3CCOCC3)c3cnccc3n2)cc1. The molecule has 0 aliphatic carbocycles. The maximum Gasteiger partial charge on any atom is 0.253 e. The molecule has 0 bridgehead atoms. The summed E-state index contributed by atoms with van der Waals surface area (Å²) in [4.78, 5) is 26.1. The zero-order valence-electron chi connectivity index (χ0n) is 19.6. The van der Waals surface area contributed by atoms with Crippen LogP contribution < -0.4 is 5.32 Å². The molecule has 1 saturated heterocycles. The Morgan fingerprint density at radius 2 is 1.88 bits per heavy atom. The molecule has 1 aromatic carbocycles. The molecular weight excluding hydrogens is 414 g/mol. The molecule has 0 unspecified atom stereocenters. The Labute approximate surface area is 195 Å². The van der Waals surface area contributed by atoms with Gasteiger partial charge in [-0.15, -0.1) is 0 Å². The van der Waals surface area contributed by atoms with Crippen molar-refractivity contribution in [3.63, 3.8) is 0 Å². The Morgan fingerprint density at radius 1 is 1.12 bits per heavy atom. The smallest absolute Gasteiger partial charge is 0.253 e. The number of fused-ring (bicyclic) bond motifs is 1. The predicted octanol–water partition coefficient (Wildman–Crippen LogP) is 3.91. The third-order valence-electron chi connectivity index (χ3n) is 6.16. The van der Waals surface area contributed by atoms with E-state index in [9.17, 15) is 4.79 Å². The van der Waals surface area contributed by atoms with E-state index < -0.39 is 0 Å². The van der Waals surface area contributed by atoms with E-state index in [2.05, 4.69) is 21.3 Å². The summed E-state index contributed by atoms with van der Waals surface area (Å²) in [6.07, 6.45) is 4.69. The van der Waals surface area contributed by atoms with Crippen LogP contribution in [0.2, 0.25) is 0 Å². The highest BCUT2D eigenvalue weighted by molar-refractivity contribution is 5.95. The van der Waals surface area contributed by atoms with Crippen LogP contribution in [0.25, 0.3) is 22.2 Å². The minimum atomic E-state index is 0.0618. The second kappa shape index (κ2) is 11.2. The van der Waals surface area contributed by atoms with Crippen molar-refractivity contribution in [1.82, 2.24) is 19.8 Å². The van der Waals surface area contributed by atoms with E-state index in [1.807, 2.05) is 55.3 Å². The second-order valence-corrected chi connectivity index (χ2v) is 8.24. The number of anilines is 1. The van der Waals surface area contributed by atoms with Crippen molar-refractivity contribution < 1.29 is 9.53 Å². The van der Waals surface area contributed by atoms with Gasteiger partial charge in [0.2, 0.25) is 0 Å². The predicted molar refractivity (Wildman–Crippen MR) is 133 cm³/mol. The Hall–Kier alpha value is -3.03. The topological polar surface area (TPSA) is 70.6 Å². The van der Waals surface area contributed by atoms with E-state index >= 15 is 0 Å². The molecule has 2 aromatic heterocycles. The van der Waals surface area contributed by atoms with Gasteiger partial charge in [0, 0.05) is 67.3 Å². The summed E-state index contributed by atoms with van der Waals surface area (Å²) in [5, 5.41) is 4.61. The number of nitrogens with zero attached hydrogens (tertiary/aromatic N) is 4. The van der Waals surface area contributed by atoms with E-state index in [1.54, 1.807) is 6.20 Å². The first-order valence-corrected chi connectivity index (χ1v) is 11.9. The van der Waals surface area contributed by atoms with Crippen molar-refractivity contribution in [2.24, 2.45) is 0 Å². The third-order valence-corrected chi connectivity index (χ3v) is 6.16. The molecule has 7 heteroatoms. The first-order chi connectivity index (χ1) is 16.2. The van der Waals surface area contributed by atoms with Crippen molar-refractivity contribution in [2.75, 3.05) is 57.8 Å². The highest BCUT2D eigenvalue weighted by Crippen LogP contribution is 2.28. The minimum absolute atomic E-state index is 0.0618. The fraction of sp³-hybridized carbons (Fsp3) is 0.423. The van der Waals surface area contributed by atoms with Gasteiger partial charge < -0.3 is 15.0 Å².